The Bertz CT molecular complexity index is 1050. The van der Waals surface area contributed by atoms with Crippen molar-refractivity contribution < 1.29 is 33.8 Å². The first-order valence-corrected chi connectivity index (χ1v) is 11.2. The van der Waals surface area contributed by atoms with Crippen LogP contribution in [0.3, 0.4) is 0 Å². The molecule has 0 aliphatic carbocycles. The Morgan fingerprint density at radius 1 is 1.18 bits per heavy atom. The maximum absolute atomic E-state index is 12.6. The van der Waals surface area contributed by atoms with Gasteiger partial charge in [0.05, 0.1) is 13.7 Å². The number of hydrogen-bond donors (Lipinski definition) is 4. The topological polar surface area (TPSA) is 156 Å². The van der Waals surface area contributed by atoms with Crippen molar-refractivity contribution in [2.75, 3.05) is 19.0 Å². The lowest BCUT2D eigenvalue weighted by atomic mass is 10.2. The molecule has 0 bridgehead atoms. The molecule has 2 rings (SSSR count). The second-order valence-electron chi connectivity index (χ2n) is 8.21. The van der Waals surface area contributed by atoms with Gasteiger partial charge in [-0.25, -0.2) is 14.6 Å². The van der Waals surface area contributed by atoms with Gasteiger partial charge in [0.15, 0.2) is 0 Å². The molecule has 0 spiro atoms. The number of benzene rings is 1. The number of aromatic nitrogens is 1. The van der Waals surface area contributed by atoms with Gasteiger partial charge in [0.2, 0.25) is 5.91 Å². The summed E-state index contributed by atoms with van der Waals surface area (Å²) >= 11 is 1.19. The number of aliphatic hydroxyl groups excluding tert-OH is 1. The third-order valence-electron chi connectivity index (χ3n) is 4.21. The van der Waals surface area contributed by atoms with Gasteiger partial charge in [-0.15, -0.1) is 11.3 Å². The van der Waals surface area contributed by atoms with E-state index in [1.165, 1.54) is 30.8 Å². The fourth-order valence-electron chi connectivity index (χ4n) is 2.64. The SMILES string of the molecule is COC(=O)[C@H](C)NC(=O)[C@H](CO)NC(=O)c1csc(-c2cccc(NC(=O)OC(C)(C)C)c2)n1. The molecule has 0 saturated carbocycles. The molecule has 2 atom stereocenters. The third kappa shape index (κ3) is 7.81. The molecule has 0 radical (unpaired) electrons. The lowest BCUT2D eigenvalue weighted by Crippen LogP contribution is -2.52. The minimum Gasteiger partial charge on any atom is -0.467 e. The summed E-state index contributed by atoms with van der Waals surface area (Å²) < 4.78 is 9.77. The van der Waals surface area contributed by atoms with Crippen LogP contribution < -0.4 is 16.0 Å². The van der Waals surface area contributed by atoms with Gasteiger partial charge in [-0.1, -0.05) is 12.1 Å². The smallest absolute Gasteiger partial charge is 0.412 e. The van der Waals surface area contributed by atoms with Gasteiger partial charge in [-0.05, 0) is 39.8 Å². The number of carbonyl (C=O) groups is 4. The maximum Gasteiger partial charge on any atom is 0.412 e. The Morgan fingerprint density at radius 3 is 2.50 bits per heavy atom. The van der Waals surface area contributed by atoms with Crippen LogP contribution in [-0.4, -0.2) is 65.4 Å². The highest BCUT2D eigenvalue weighted by Crippen LogP contribution is 2.26. The molecule has 34 heavy (non-hydrogen) atoms. The van der Waals surface area contributed by atoms with Crippen molar-refractivity contribution in [1.82, 2.24) is 15.6 Å². The molecule has 184 valence electrons. The van der Waals surface area contributed by atoms with E-state index in [4.69, 9.17) is 4.74 Å². The molecular weight excluding hydrogens is 464 g/mol. The standard InChI is InChI=1S/C22H28N4O7S/c1-12(20(30)32-5)23-17(28)15(10-27)25-18(29)16-11-34-19(26-16)13-7-6-8-14(9-13)24-21(31)33-22(2,3)4/h6-9,11-12,15,27H,10H2,1-5H3,(H,23,28)(H,24,31)(H,25,29)/t12-,15-/m0/s1. The van der Waals surface area contributed by atoms with E-state index in [2.05, 4.69) is 25.7 Å². The first-order chi connectivity index (χ1) is 15.9. The summed E-state index contributed by atoms with van der Waals surface area (Å²) in [5.74, 6) is -2.08. The van der Waals surface area contributed by atoms with Crippen molar-refractivity contribution in [1.29, 1.82) is 0 Å². The number of nitrogens with one attached hydrogen (secondary N) is 3. The molecule has 0 fully saturated rings. The molecule has 1 aromatic heterocycles. The molecule has 11 nitrogen and oxygen atoms in total. The van der Waals surface area contributed by atoms with E-state index >= 15 is 0 Å². The number of amides is 3. The summed E-state index contributed by atoms with van der Waals surface area (Å²) in [7, 11) is 1.18. The molecule has 2 aromatic rings. The van der Waals surface area contributed by atoms with Crippen LogP contribution in [0.5, 0.6) is 0 Å². The van der Waals surface area contributed by atoms with E-state index in [9.17, 15) is 24.3 Å². The Hall–Kier alpha value is -3.51. The van der Waals surface area contributed by atoms with Gasteiger partial charge in [-0.3, -0.25) is 14.9 Å². The van der Waals surface area contributed by atoms with Crippen LogP contribution >= 0.6 is 11.3 Å². The van der Waals surface area contributed by atoms with Crippen molar-refractivity contribution in [3.63, 3.8) is 0 Å². The Labute approximate surface area is 200 Å². The number of esters is 1. The lowest BCUT2D eigenvalue weighted by molar-refractivity contribution is -0.144. The van der Waals surface area contributed by atoms with E-state index in [1.807, 2.05) is 0 Å². The number of ether oxygens (including phenoxy) is 2. The van der Waals surface area contributed by atoms with Gasteiger partial charge >= 0.3 is 12.1 Å². The van der Waals surface area contributed by atoms with Crippen LogP contribution in [0.4, 0.5) is 10.5 Å². The van der Waals surface area contributed by atoms with Gasteiger partial charge in [-0.2, -0.15) is 0 Å². The molecule has 0 aliphatic rings. The Kier molecular flexibility index (Phi) is 9.10. The summed E-state index contributed by atoms with van der Waals surface area (Å²) in [5, 5.41) is 18.9. The zero-order chi connectivity index (χ0) is 25.5. The van der Waals surface area contributed by atoms with Crippen molar-refractivity contribution in [2.45, 2.75) is 45.4 Å². The van der Waals surface area contributed by atoms with E-state index in [0.717, 1.165) is 0 Å². The van der Waals surface area contributed by atoms with Gasteiger partial charge in [0.1, 0.15) is 28.4 Å². The monoisotopic (exact) mass is 492 g/mol. The second-order valence-corrected chi connectivity index (χ2v) is 9.07. The molecule has 1 aromatic carbocycles. The van der Waals surface area contributed by atoms with Gasteiger partial charge in [0.25, 0.3) is 5.91 Å². The second kappa shape index (κ2) is 11.6. The molecule has 1 heterocycles. The molecule has 0 saturated heterocycles. The summed E-state index contributed by atoms with van der Waals surface area (Å²) in [6.45, 7) is 6.01. The number of methoxy groups -OCH3 is 1. The van der Waals surface area contributed by atoms with Crippen molar-refractivity contribution in [3.05, 3.63) is 35.3 Å². The summed E-state index contributed by atoms with van der Waals surface area (Å²) in [4.78, 5) is 52.6. The summed E-state index contributed by atoms with van der Waals surface area (Å²) in [6.07, 6.45) is -0.598. The molecule has 12 heteroatoms. The number of aliphatic hydroxyl groups is 1. The summed E-state index contributed by atoms with van der Waals surface area (Å²) in [6, 6.07) is 4.62. The third-order valence-corrected chi connectivity index (χ3v) is 5.10. The number of anilines is 1. The zero-order valence-corrected chi connectivity index (χ0v) is 20.3. The predicted molar refractivity (Wildman–Crippen MR) is 125 cm³/mol. The predicted octanol–water partition coefficient (Wildman–Crippen LogP) is 1.93. The van der Waals surface area contributed by atoms with Crippen LogP contribution in [0.1, 0.15) is 38.2 Å². The number of hydrogen-bond acceptors (Lipinski definition) is 9. The fourth-order valence-corrected chi connectivity index (χ4v) is 3.44. The molecular formula is C22H28N4O7S. The first kappa shape index (κ1) is 26.7. The van der Waals surface area contributed by atoms with Gasteiger partial charge < -0.3 is 25.2 Å². The zero-order valence-electron chi connectivity index (χ0n) is 19.5. The molecule has 4 N–H and O–H groups in total. The van der Waals surface area contributed by atoms with E-state index in [1.54, 1.807) is 45.0 Å². The quantitative estimate of drug-likeness (QED) is 0.407. The molecule has 0 unspecified atom stereocenters. The molecule has 3 amide bonds. The minimum atomic E-state index is -1.29. The van der Waals surface area contributed by atoms with Crippen molar-refractivity contribution in [2.24, 2.45) is 0 Å². The number of nitrogens with zero attached hydrogens (tertiary/aromatic N) is 1. The fraction of sp³-hybridized carbons (Fsp3) is 0.409. The Balaban J connectivity index is 2.06. The van der Waals surface area contributed by atoms with Crippen molar-refractivity contribution >= 4 is 40.9 Å². The van der Waals surface area contributed by atoms with Gasteiger partial charge in [0, 0.05) is 16.6 Å². The normalized spacial score (nSPS) is 12.8. The highest BCUT2D eigenvalue weighted by Gasteiger charge is 2.25. The van der Waals surface area contributed by atoms with Crippen molar-refractivity contribution in [3.8, 4) is 10.6 Å². The number of carbonyl (C=O) groups excluding carboxylic acids is 4. The van der Waals surface area contributed by atoms with E-state index in [0.29, 0.717) is 16.3 Å². The van der Waals surface area contributed by atoms with E-state index < -0.39 is 48.2 Å². The van der Waals surface area contributed by atoms with Crippen LogP contribution in [0.25, 0.3) is 10.6 Å². The first-order valence-electron chi connectivity index (χ1n) is 10.3. The highest BCUT2D eigenvalue weighted by molar-refractivity contribution is 7.13. The average Bonchev–Trinajstić information content (AvgIpc) is 3.25. The van der Waals surface area contributed by atoms with Crippen LogP contribution in [0.2, 0.25) is 0 Å². The lowest BCUT2D eigenvalue weighted by Gasteiger charge is -2.19. The number of rotatable bonds is 8. The highest BCUT2D eigenvalue weighted by atomic mass is 32.1. The summed E-state index contributed by atoms with van der Waals surface area (Å²) in [5.41, 5.74) is 0.545. The minimum absolute atomic E-state index is 0.0396. The average molecular weight is 493 g/mol. The largest absolute Gasteiger partial charge is 0.467 e. The molecule has 0 aliphatic heterocycles. The van der Waals surface area contributed by atoms with E-state index in [-0.39, 0.29) is 5.69 Å². The van der Waals surface area contributed by atoms with Crippen LogP contribution in [0, 0.1) is 0 Å². The Morgan fingerprint density at radius 2 is 1.88 bits per heavy atom. The van der Waals surface area contributed by atoms with Crippen LogP contribution in [-0.2, 0) is 19.1 Å². The van der Waals surface area contributed by atoms with Crippen LogP contribution in [0.15, 0.2) is 29.6 Å². The number of thiazole rings is 1. The maximum atomic E-state index is 12.6.